The van der Waals surface area contributed by atoms with Gasteiger partial charge in [0, 0.05) is 32.4 Å². The summed E-state index contributed by atoms with van der Waals surface area (Å²) in [7, 11) is -3.45. The maximum absolute atomic E-state index is 13.4. The van der Waals surface area contributed by atoms with Crippen LogP contribution < -0.4 is 4.90 Å². The first-order valence-electron chi connectivity index (χ1n) is 9.81. The van der Waals surface area contributed by atoms with Gasteiger partial charge in [0.05, 0.1) is 33.4 Å². The number of anilines is 1. The number of ether oxygens (including phenoxy) is 1. The van der Waals surface area contributed by atoms with Gasteiger partial charge in [-0.3, -0.25) is 14.6 Å². The first-order valence-corrected chi connectivity index (χ1v) is 12.9. The monoisotopic (exact) mass is 515 g/mol. The molecule has 0 atom stereocenters. The molecule has 2 heterocycles. The zero-order chi connectivity index (χ0) is 22.0. The van der Waals surface area contributed by atoms with Gasteiger partial charge >= 0.3 is 0 Å². The summed E-state index contributed by atoms with van der Waals surface area (Å²) in [5.41, 5.74) is 0.766. The van der Waals surface area contributed by atoms with E-state index in [0.717, 1.165) is 19.3 Å². The molecule has 0 unspecified atom stereocenters. The molecular formula is C21H23Cl2N3O4S2. The lowest BCUT2D eigenvalue weighted by atomic mass is 10.2. The van der Waals surface area contributed by atoms with Crippen molar-refractivity contribution in [2.45, 2.75) is 4.90 Å². The van der Waals surface area contributed by atoms with Gasteiger partial charge in [-0.15, -0.1) is 12.4 Å². The smallest absolute Gasteiger partial charge is 0.261 e. The number of carbonyl (C=O) groups is 1. The number of aromatic nitrogens is 1. The second kappa shape index (κ2) is 10.5. The number of rotatable bonds is 6. The average molecular weight is 516 g/mol. The Balaban J connectivity index is 0.00000289. The van der Waals surface area contributed by atoms with Crippen molar-refractivity contribution >= 4 is 66.4 Å². The summed E-state index contributed by atoms with van der Waals surface area (Å²) in [6, 6.07) is 11.9. The third-order valence-corrected chi connectivity index (χ3v) is 7.60. The van der Waals surface area contributed by atoms with Crippen molar-refractivity contribution < 1.29 is 17.9 Å². The normalized spacial score (nSPS) is 14.8. The van der Waals surface area contributed by atoms with E-state index < -0.39 is 9.84 Å². The molecule has 1 saturated heterocycles. The maximum atomic E-state index is 13.4. The number of hydrogen-bond donors (Lipinski definition) is 0. The quantitative estimate of drug-likeness (QED) is 0.497. The van der Waals surface area contributed by atoms with Crippen molar-refractivity contribution in [1.82, 2.24) is 9.88 Å². The van der Waals surface area contributed by atoms with E-state index in [1.807, 2.05) is 6.07 Å². The highest BCUT2D eigenvalue weighted by Gasteiger charge is 2.25. The Morgan fingerprint density at radius 3 is 2.59 bits per heavy atom. The fourth-order valence-electron chi connectivity index (χ4n) is 3.46. The van der Waals surface area contributed by atoms with Crippen LogP contribution in [0.15, 0.2) is 47.4 Å². The highest BCUT2D eigenvalue weighted by molar-refractivity contribution is 7.91. The molecule has 2 aromatic carbocycles. The molecule has 1 fully saturated rings. The third-order valence-electron chi connectivity index (χ3n) is 5.09. The summed E-state index contributed by atoms with van der Waals surface area (Å²) in [5, 5.41) is 0.811. The molecule has 1 aromatic heterocycles. The van der Waals surface area contributed by atoms with Crippen LogP contribution in [-0.2, 0) is 14.6 Å². The van der Waals surface area contributed by atoms with Crippen LogP contribution in [0.25, 0.3) is 10.2 Å². The molecule has 1 aliphatic heterocycles. The zero-order valence-corrected chi connectivity index (χ0v) is 20.6. The fourth-order valence-corrected chi connectivity index (χ4v) is 5.59. The van der Waals surface area contributed by atoms with Crippen molar-refractivity contribution in [2.75, 3.05) is 50.5 Å². The number of benzene rings is 2. The summed E-state index contributed by atoms with van der Waals surface area (Å²) in [6.45, 7) is 3.97. The molecule has 3 aromatic rings. The van der Waals surface area contributed by atoms with E-state index >= 15 is 0 Å². The molecule has 0 radical (unpaired) electrons. The Labute approximate surface area is 202 Å². The van der Waals surface area contributed by atoms with Crippen LogP contribution in [0.4, 0.5) is 5.13 Å². The number of sulfone groups is 1. The molecule has 1 aliphatic rings. The zero-order valence-electron chi connectivity index (χ0n) is 17.4. The molecule has 1 amide bonds. The molecule has 172 valence electrons. The predicted molar refractivity (Wildman–Crippen MR) is 130 cm³/mol. The number of thiazole rings is 1. The second-order valence-electron chi connectivity index (χ2n) is 7.26. The summed E-state index contributed by atoms with van der Waals surface area (Å²) < 4.78 is 30.5. The predicted octanol–water partition coefficient (Wildman–Crippen LogP) is 3.75. The molecule has 7 nitrogen and oxygen atoms in total. The second-order valence-corrected chi connectivity index (χ2v) is 10.7. The Kier molecular flexibility index (Phi) is 8.13. The van der Waals surface area contributed by atoms with Gasteiger partial charge in [-0.05, 0) is 24.3 Å². The number of para-hydroxylation sites is 1. The minimum absolute atomic E-state index is 0. The largest absolute Gasteiger partial charge is 0.379 e. The van der Waals surface area contributed by atoms with Crippen LogP contribution in [0.2, 0.25) is 5.02 Å². The summed E-state index contributed by atoms with van der Waals surface area (Å²) in [6.07, 6.45) is 1.16. The molecule has 0 saturated carbocycles. The van der Waals surface area contributed by atoms with Gasteiger partial charge < -0.3 is 4.74 Å². The number of hydrogen-bond acceptors (Lipinski definition) is 7. The van der Waals surface area contributed by atoms with E-state index in [4.69, 9.17) is 16.3 Å². The highest BCUT2D eigenvalue weighted by atomic mass is 35.5. The minimum atomic E-state index is -3.45. The molecule has 11 heteroatoms. The van der Waals surface area contributed by atoms with Crippen LogP contribution in [0.3, 0.4) is 0 Å². The Bertz CT molecular complexity index is 1210. The van der Waals surface area contributed by atoms with Gasteiger partial charge in [0.1, 0.15) is 5.52 Å². The first kappa shape index (κ1) is 24.9. The van der Waals surface area contributed by atoms with Gasteiger partial charge in [-0.25, -0.2) is 13.4 Å². The molecule has 32 heavy (non-hydrogen) atoms. The van der Waals surface area contributed by atoms with E-state index in [0.29, 0.717) is 52.2 Å². The summed E-state index contributed by atoms with van der Waals surface area (Å²) >= 11 is 7.59. The van der Waals surface area contributed by atoms with Gasteiger partial charge in [-0.1, -0.05) is 41.1 Å². The van der Waals surface area contributed by atoms with Crippen LogP contribution in [0, 0.1) is 0 Å². The Morgan fingerprint density at radius 1 is 1.19 bits per heavy atom. The number of amides is 1. The molecule has 0 N–H and O–H groups in total. The van der Waals surface area contributed by atoms with Crippen LogP contribution in [0.5, 0.6) is 0 Å². The van der Waals surface area contributed by atoms with Crippen molar-refractivity contribution in [3.63, 3.8) is 0 Å². The maximum Gasteiger partial charge on any atom is 0.261 e. The van der Waals surface area contributed by atoms with E-state index in [1.54, 1.807) is 35.2 Å². The van der Waals surface area contributed by atoms with Gasteiger partial charge in [0.15, 0.2) is 15.0 Å². The Morgan fingerprint density at radius 2 is 1.91 bits per heavy atom. The minimum Gasteiger partial charge on any atom is -0.379 e. The highest BCUT2D eigenvalue weighted by Crippen LogP contribution is 2.33. The van der Waals surface area contributed by atoms with E-state index in [9.17, 15) is 13.2 Å². The van der Waals surface area contributed by atoms with Gasteiger partial charge in [0.2, 0.25) is 0 Å². The van der Waals surface area contributed by atoms with Gasteiger partial charge in [-0.2, -0.15) is 0 Å². The number of halogens is 2. The first-order chi connectivity index (χ1) is 14.8. The number of fused-ring (bicyclic) bond motifs is 1. The van der Waals surface area contributed by atoms with E-state index in [2.05, 4.69) is 9.88 Å². The topological polar surface area (TPSA) is 79.8 Å². The van der Waals surface area contributed by atoms with Crippen molar-refractivity contribution in [2.24, 2.45) is 0 Å². The van der Waals surface area contributed by atoms with Crippen LogP contribution in [-0.4, -0.2) is 69.9 Å². The SMILES string of the molecule is CS(=O)(=O)c1cccc2sc(N(CCN3CCOCC3)C(=O)c3ccccc3Cl)nc12.Cl. The average Bonchev–Trinajstić information content (AvgIpc) is 3.18. The lowest BCUT2D eigenvalue weighted by Crippen LogP contribution is -2.43. The molecule has 0 aliphatic carbocycles. The third kappa shape index (κ3) is 5.41. The molecular weight excluding hydrogens is 493 g/mol. The van der Waals surface area contributed by atoms with E-state index in [1.165, 1.54) is 17.4 Å². The molecule has 0 spiro atoms. The van der Waals surface area contributed by atoms with Crippen molar-refractivity contribution in [3.8, 4) is 0 Å². The standard InChI is InChI=1S/C21H22ClN3O4S2.ClH/c1-31(27,28)18-8-4-7-17-19(18)23-21(30-17)25(10-9-24-11-13-29-14-12-24)20(26)15-5-2-3-6-16(15)22;/h2-8H,9-14H2,1H3;1H. The number of morpholine rings is 1. The van der Waals surface area contributed by atoms with Crippen LogP contribution >= 0.6 is 35.3 Å². The molecule has 4 rings (SSSR count). The van der Waals surface area contributed by atoms with Crippen molar-refractivity contribution in [3.05, 3.63) is 53.1 Å². The Hall–Kier alpha value is -1.75. The fraction of sp³-hybridized carbons (Fsp3) is 0.333. The summed E-state index contributed by atoms with van der Waals surface area (Å²) in [5.74, 6) is -0.265. The number of carbonyl (C=O) groups excluding carboxylic acids is 1. The van der Waals surface area contributed by atoms with Crippen molar-refractivity contribution in [1.29, 1.82) is 0 Å². The lowest BCUT2D eigenvalue weighted by molar-refractivity contribution is 0.0391. The van der Waals surface area contributed by atoms with Crippen LogP contribution in [0.1, 0.15) is 10.4 Å². The molecule has 0 bridgehead atoms. The van der Waals surface area contributed by atoms with Gasteiger partial charge in [0.25, 0.3) is 5.91 Å². The number of nitrogens with zero attached hydrogens (tertiary/aromatic N) is 3. The van der Waals surface area contributed by atoms with E-state index in [-0.39, 0.29) is 23.2 Å². The summed E-state index contributed by atoms with van der Waals surface area (Å²) in [4.78, 5) is 22.0. The lowest BCUT2D eigenvalue weighted by Gasteiger charge is -2.29.